The summed E-state index contributed by atoms with van der Waals surface area (Å²) in [7, 11) is 1.79. The van der Waals surface area contributed by atoms with Gasteiger partial charge in [0.2, 0.25) is 0 Å². The minimum atomic E-state index is 0.298. The maximum absolute atomic E-state index is 5.36. The van der Waals surface area contributed by atoms with Gasteiger partial charge in [-0.05, 0) is 38.5 Å². The Morgan fingerprint density at radius 3 is 2.13 bits per heavy atom. The van der Waals surface area contributed by atoms with Crippen LogP contribution in [0.15, 0.2) is 0 Å². The topological polar surface area (TPSA) is 21.3 Å². The van der Waals surface area contributed by atoms with Crippen LogP contribution in [0.25, 0.3) is 0 Å². The Labute approximate surface area is 94.8 Å². The van der Waals surface area contributed by atoms with Crippen LogP contribution in [0.3, 0.4) is 0 Å². The van der Waals surface area contributed by atoms with Crippen molar-refractivity contribution in [1.29, 1.82) is 0 Å². The largest absolute Gasteiger partial charge is 0.380 e. The molecule has 0 aromatic carbocycles. The number of methoxy groups -OCH3 is 1. The summed E-state index contributed by atoms with van der Waals surface area (Å²) in [6.07, 6.45) is 4.44. The van der Waals surface area contributed by atoms with E-state index in [2.05, 4.69) is 33.0 Å². The highest BCUT2D eigenvalue weighted by atomic mass is 16.5. The third kappa shape index (κ3) is 3.46. The van der Waals surface area contributed by atoms with Crippen molar-refractivity contribution >= 4 is 0 Å². The molecule has 1 N–H and O–H groups in total. The van der Waals surface area contributed by atoms with Crippen molar-refractivity contribution < 1.29 is 4.74 Å². The van der Waals surface area contributed by atoms with Gasteiger partial charge in [0.25, 0.3) is 0 Å². The molecule has 0 radical (unpaired) electrons. The number of rotatable bonds is 4. The molecule has 0 bridgehead atoms. The first kappa shape index (κ1) is 13.0. The van der Waals surface area contributed by atoms with Gasteiger partial charge in [-0.3, -0.25) is 0 Å². The van der Waals surface area contributed by atoms with Crippen molar-refractivity contribution in [2.24, 2.45) is 11.8 Å². The van der Waals surface area contributed by atoms with E-state index in [0.29, 0.717) is 18.2 Å². The molecule has 1 aliphatic carbocycles. The highest BCUT2D eigenvalue weighted by Gasteiger charge is 2.29. The summed E-state index contributed by atoms with van der Waals surface area (Å²) in [4.78, 5) is 0. The molecule has 1 fully saturated rings. The molecule has 0 aromatic rings. The van der Waals surface area contributed by atoms with Crippen LogP contribution in [0, 0.1) is 11.8 Å². The summed E-state index contributed by atoms with van der Waals surface area (Å²) < 4.78 is 5.36. The van der Waals surface area contributed by atoms with E-state index in [0.717, 1.165) is 11.8 Å². The Balaban J connectivity index is 2.47. The van der Waals surface area contributed by atoms with Crippen molar-refractivity contribution in [2.75, 3.05) is 7.11 Å². The van der Waals surface area contributed by atoms with Gasteiger partial charge in [-0.25, -0.2) is 0 Å². The molecule has 1 aliphatic rings. The molecule has 90 valence electrons. The maximum atomic E-state index is 5.36. The van der Waals surface area contributed by atoms with E-state index in [9.17, 15) is 0 Å². The lowest BCUT2D eigenvalue weighted by Crippen LogP contribution is -2.50. The van der Waals surface area contributed by atoms with Crippen LogP contribution in [-0.2, 0) is 4.74 Å². The molecule has 2 heteroatoms. The van der Waals surface area contributed by atoms with Crippen molar-refractivity contribution in [3.63, 3.8) is 0 Å². The van der Waals surface area contributed by atoms with Crippen LogP contribution < -0.4 is 5.32 Å². The fourth-order valence-electron chi connectivity index (χ4n) is 2.65. The fraction of sp³-hybridized carbons (Fsp3) is 1.00. The minimum absolute atomic E-state index is 0.298. The molecule has 0 saturated heterocycles. The number of hydrogen-bond acceptors (Lipinski definition) is 2. The van der Waals surface area contributed by atoms with Gasteiger partial charge in [-0.2, -0.15) is 0 Å². The molecule has 1 saturated carbocycles. The Hall–Kier alpha value is -0.0800. The van der Waals surface area contributed by atoms with E-state index < -0.39 is 0 Å². The van der Waals surface area contributed by atoms with Gasteiger partial charge in [0.1, 0.15) is 0 Å². The van der Waals surface area contributed by atoms with Crippen molar-refractivity contribution in [1.82, 2.24) is 5.32 Å². The van der Waals surface area contributed by atoms with Crippen molar-refractivity contribution in [3.8, 4) is 0 Å². The zero-order chi connectivity index (χ0) is 11.4. The van der Waals surface area contributed by atoms with E-state index in [1.165, 1.54) is 19.3 Å². The van der Waals surface area contributed by atoms with Crippen LogP contribution in [0.1, 0.15) is 47.0 Å². The normalized spacial score (nSPS) is 36.2. The molecule has 0 amide bonds. The average Bonchev–Trinajstić information content (AvgIpc) is 2.22. The predicted octanol–water partition coefficient (Wildman–Crippen LogP) is 2.82. The lowest BCUT2D eigenvalue weighted by atomic mass is 9.78. The van der Waals surface area contributed by atoms with Gasteiger partial charge < -0.3 is 10.1 Å². The minimum Gasteiger partial charge on any atom is -0.380 e. The highest BCUT2D eigenvalue weighted by molar-refractivity contribution is 4.86. The summed E-state index contributed by atoms with van der Waals surface area (Å²) in [6.45, 7) is 9.10. The summed E-state index contributed by atoms with van der Waals surface area (Å²) in [5.74, 6) is 1.61. The quantitative estimate of drug-likeness (QED) is 0.775. The van der Waals surface area contributed by atoms with Crippen LogP contribution in [0.2, 0.25) is 0 Å². The average molecular weight is 213 g/mol. The second-order valence-corrected chi connectivity index (χ2v) is 5.31. The van der Waals surface area contributed by atoms with Crippen molar-refractivity contribution in [2.45, 2.75) is 65.1 Å². The molecule has 0 heterocycles. The molecule has 0 aliphatic heterocycles. The molecule has 0 aromatic heterocycles. The third-order valence-corrected chi connectivity index (χ3v) is 4.08. The third-order valence-electron chi connectivity index (χ3n) is 4.08. The van der Waals surface area contributed by atoms with Gasteiger partial charge in [0.15, 0.2) is 0 Å². The van der Waals surface area contributed by atoms with Crippen LogP contribution in [-0.4, -0.2) is 25.3 Å². The predicted molar refractivity (Wildman–Crippen MR) is 65.0 cm³/mol. The zero-order valence-corrected chi connectivity index (χ0v) is 10.9. The van der Waals surface area contributed by atoms with E-state index >= 15 is 0 Å². The molecular formula is C13H27NO. The second-order valence-electron chi connectivity index (χ2n) is 5.31. The molecule has 4 atom stereocenters. The standard InChI is InChI=1S/C13H27NO/c1-9-7-6-8-10(2)13(9)14-11(3)12(4)15-5/h9-14H,6-8H2,1-5H3. The highest BCUT2D eigenvalue weighted by Crippen LogP contribution is 2.29. The Morgan fingerprint density at radius 2 is 1.67 bits per heavy atom. The zero-order valence-electron chi connectivity index (χ0n) is 10.9. The summed E-state index contributed by atoms with van der Waals surface area (Å²) in [5, 5.41) is 3.74. The Bertz CT molecular complexity index is 173. The number of hydrogen-bond donors (Lipinski definition) is 1. The maximum Gasteiger partial charge on any atom is 0.0693 e. The molecule has 4 unspecified atom stereocenters. The number of nitrogens with one attached hydrogen (secondary N) is 1. The van der Waals surface area contributed by atoms with Gasteiger partial charge in [0.05, 0.1) is 6.10 Å². The molecule has 2 nitrogen and oxygen atoms in total. The smallest absolute Gasteiger partial charge is 0.0693 e. The number of ether oxygens (including phenoxy) is 1. The lowest BCUT2D eigenvalue weighted by molar-refractivity contribution is 0.0710. The summed E-state index contributed by atoms with van der Waals surface area (Å²) in [6, 6.07) is 1.12. The van der Waals surface area contributed by atoms with Gasteiger partial charge >= 0.3 is 0 Å². The van der Waals surface area contributed by atoms with Crippen LogP contribution in [0.4, 0.5) is 0 Å². The first-order chi connectivity index (χ1) is 7.06. The van der Waals surface area contributed by atoms with Crippen LogP contribution in [0.5, 0.6) is 0 Å². The Kier molecular flexibility index (Phi) is 5.07. The van der Waals surface area contributed by atoms with E-state index in [4.69, 9.17) is 4.74 Å². The molecule has 15 heavy (non-hydrogen) atoms. The fourth-order valence-corrected chi connectivity index (χ4v) is 2.65. The van der Waals surface area contributed by atoms with E-state index in [1.807, 2.05) is 0 Å². The summed E-state index contributed by atoms with van der Waals surface area (Å²) in [5.41, 5.74) is 0. The van der Waals surface area contributed by atoms with Gasteiger partial charge in [0, 0.05) is 19.2 Å². The molecule has 1 rings (SSSR count). The van der Waals surface area contributed by atoms with E-state index in [-0.39, 0.29) is 0 Å². The monoisotopic (exact) mass is 213 g/mol. The first-order valence-electron chi connectivity index (χ1n) is 6.35. The first-order valence-corrected chi connectivity index (χ1v) is 6.35. The van der Waals surface area contributed by atoms with Crippen LogP contribution >= 0.6 is 0 Å². The SMILES string of the molecule is COC(C)C(C)NC1C(C)CCCC1C. The van der Waals surface area contributed by atoms with E-state index in [1.54, 1.807) is 7.11 Å². The Morgan fingerprint density at radius 1 is 1.13 bits per heavy atom. The lowest BCUT2D eigenvalue weighted by Gasteiger charge is -2.38. The van der Waals surface area contributed by atoms with Gasteiger partial charge in [-0.1, -0.05) is 20.3 Å². The molecular weight excluding hydrogens is 186 g/mol. The summed E-state index contributed by atoms with van der Waals surface area (Å²) >= 11 is 0. The second kappa shape index (κ2) is 5.86. The van der Waals surface area contributed by atoms with Gasteiger partial charge in [-0.15, -0.1) is 0 Å². The van der Waals surface area contributed by atoms with Crippen molar-refractivity contribution in [3.05, 3.63) is 0 Å². The molecule has 0 spiro atoms.